The Balaban J connectivity index is 1.92. The van der Waals surface area contributed by atoms with Gasteiger partial charge in [-0.2, -0.15) is 5.10 Å². The van der Waals surface area contributed by atoms with Crippen LogP contribution in [0.25, 0.3) is 0 Å². The zero-order valence-corrected chi connectivity index (χ0v) is 12.5. The summed E-state index contributed by atoms with van der Waals surface area (Å²) in [6, 6.07) is 4.24. The van der Waals surface area contributed by atoms with Crippen molar-refractivity contribution < 1.29 is 9.72 Å². The zero-order chi connectivity index (χ0) is 16.4. The second-order valence-corrected chi connectivity index (χ2v) is 5.25. The molecule has 1 aliphatic rings. The standard InChI is InChI=1S/C14H16N6O3/c1-15-14(21)9-4-5-10(12(7-9)20(22)23)18-11-3-2-6-19-13(11)16-8-17-19/h4-5,7-8,11,18H,2-3,6H2,1H3,(H,15,21)/t11-/m0/s1. The van der Waals surface area contributed by atoms with Crippen molar-refractivity contribution in [1.82, 2.24) is 20.1 Å². The predicted molar refractivity (Wildman–Crippen MR) is 82.1 cm³/mol. The van der Waals surface area contributed by atoms with Gasteiger partial charge in [-0.3, -0.25) is 14.9 Å². The number of hydrogen-bond acceptors (Lipinski definition) is 6. The Labute approximate surface area is 131 Å². The van der Waals surface area contributed by atoms with Crippen molar-refractivity contribution in [2.75, 3.05) is 12.4 Å². The Morgan fingerprint density at radius 2 is 2.30 bits per heavy atom. The highest BCUT2D eigenvalue weighted by Crippen LogP contribution is 2.32. The molecule has 0 spiro atoms. The zero-order valence-electron chi connectivity index (χ0n) is 12.5. The summed E-state index contributed by atoms with van der Waals surface area (Å²) >= 11 is 0. The average molecular weight is 316 g/mol. The molecule has 0 saturated carbocycles. The predicted octanol–water partition coefficient (Wildman–Crippen LogP) is 1.49. The fourth-order valence-corrected chi connectivity index (χ4v) is 2.70. The number of carbonyl (C=O) groups excluding carboxylic acids is 1. The third kappa shape index (κ3) is 2.85. The number of anilines is 1. The minimum absolute atomic E-state index is 0.136. The Kier molecular flexibility index (Phi) is 3.92. The maximum atomic E-state index is 11.6. The average Bonchev–Trinajstić information content (AvgIpc) is 3.04. The minimum Gasteiger partial charge on any atom is -0.370 e. The lowest BCUT2D eigenvalue weighted by Gasteiger charge is -2.24. The van der Waals surface area contributed by atoms with Crippen LogP contribution in [0.3, 0.4) is 0 Å². The van der Waals surface area contributed by atoms with Gasteiger partial charge in [0.15, 0.2) is 0 Å². The third-order valence-corrected chi connectivity index (χ3v) is 3.83. The molecule has 1 atom stereocenters. The number of aryl methyl sites for hydroxylation is 1. The van der Waals surface area contributed by atoms with Crippen LogP contribution in [0.15, 0.2) is 24.5 Å². The first-order valence-electron chi connectivity index (χ1n) is 7.25. The van der Waals surface area contributed by atoms with Crippen LogP contribution in [0.2, 0.25) is 0 Å². The van der Waals surface area contributed by atoms with Crippen LogP contribution in [0, 0.1) is 10.1 Å². The lowest BCUT2D eigenvalue weighted by atomic mass is 10.1. The van der Waals surface area contributed by atoms with Gasteiger partial charge in [-0.05, 0) is 25.0 Å². The van der Waals surface area contributed by atoms with Crippen LogP contribution in [0.4, 0.5) is 11.4 Å². The molecule has 3 rings (SSSR count). The van der Waals surface area contributed by atoms with E-state index in [1.54, 1.807) is 16.8 Å². The number of fused-ring (bicyclic) bond motifs is 1. The number of rotatable bonds is 4. The highest BCUT2D eigenvalue weighted by atomic mass is 16.6. The number of nitrogens with zero attached hydrogens (tertiary/aromatic N) is 4. The van der Waals surface area contributed by atoms with Crippen LogP contribution in [-0.4, -0.2) is 32.6 Å². The monoisotopic (exact) mass is 316 g/mol. The van der Waals surface area contributed by atoms with Crippen molar-refractivity contribution in [2.45, 2.75) is 25.4 Å². The van der Waals surface area contributed by atoms with Crippen LogP contribution in [0.5, 0.6) is 0 Å². The van der Waals surface area contributed by atoms with Crippen LogP contribution >= 0.6 is 0 Å². The summed E-state index contributed by atoms with van der Waals surface area (Å²) in [5.74, 6) is 0.401. The molecule has 2 heterocycles. The Hall–Kier alpha value is -2.97. The molecule has 0 unspecified atom stereocenters. The molecule has 9 heteroatoms. The number of aromatic nitrogens is 3. The molecule has 1 aromatic heterocycles. The molecule has 23 heavy (non-hydrogen) atoms. The fraction of sp³-hybridized carbons (Fsp3) is 0.357. The number of amides is 1. The lowest BCUT2D eigenvalue weighted by Crippen LogP contribution is -2.23. The number of carbonyl (C=O) groups is 1. The van der Waals surface area contributed by atoms with Crippen molar-refractivity contribution in [3.05, 3.63) is 46.0 Å². The molecule has 1 aromatic carbocycles. The quantitative estimate of drug-likeness (QED) is 0.652. The van der Waals surface area contributed by atoms with E-state index in [9.17, 15) is 14.9 Å². The highest BCUT2D eigenvalue weighted by molar-refractivity contribution is 5.95. The summed E-state index contributed by atoms with van der Waals surface area (Å²) in [6.07, 6.45) is 3.21. The number of benzene rings is 1. The molecule has 9 nitrogen and oxygen atoms in total. The maximum absolute atomic E-state index is 11.6. The second-order valence-electron chi connectivity index (χ2n) is 5.25. The molecule has 2 N–H and O–H groups in total. The van der Waals surface area contributed by atoms with Gasteiger partial charge in [-0.15, -0.1) is 0 Å². The van der Waals surface area contributed by atoms with Crippen LogP contribution in [-0.2, 0) is 6.54 Å². The molecule has 1 amide bonds. The van der Waals surface area contributed by atoms with Gasteiger partial charge >= 0.3 is 0 Å². The largest absolute Gasteiger partial charge is 0.370 e. The number of hydrogen-bond donors (Lipinski definition) is 2. The highest BCUT2D eigenvalue weighted by Gasteiger charge is 2.25. The van der Waals surface area contributed by atoms with E-state index in [2.05, 4.69) is 20.7 Å². The summed E-state index contributed by atoms with van der Waals surface area (Å²) in [6.45, 7) is 0.797. The van der Waals surface area contributed by atoms with E-state index in [-0.39, 0.29) is 23.2 Å². The van der Waals surface area contributed by atoms with Crippen molar-refractivity contribution in [3.63, 3.8) is 0 Å². The molecule has 0 radical (unpaired) electrons. The summed E-state index contributed by atoms with van der Waals surface area (Å²) in [5, 5.41) is 21.1. The molecule has 0 aliphatic carbocycles. The Morgan fingerprint density at radius 3 is 3.04 bits per heavy atom. The smallest absolute Gasteiger partial charge is 0.293 e. The second kappa shape index (κ2) is 6.03. The first kappa shape index (κ1) is 14.9. The van der Waals surface area contributed by atoms with Gasteiger partial charge in [0.05, 0.1) is 11.0 Å². The number of nitrogens with one attached hydrogen (secondary N) is 2. The normalized spacial score (nSPS) is 16.5. The van der Waals surface area contributed by atoms with E-state index in [0.29, 0.717) is 5.69 Å². The van der Waals surface area contributed by atoms with E-state index in [1.807, 2.05) is 0 Å². The molecule has 0 saturated heterocycles. The summed E-state index contributed by atoms with van der Waals surface area (Å²) in [4.78, 5) is 26.7. The topological polar surface area (TPSA) is 115 Å². The van der Waals surface area contributed by atoms with Crippen LogP contribution in [0.1, 0.15) is 35.1 Å². The first-order valence-corrected chi connectivity index (χ1v) is 7.25. The summed E-state index contributed by atoms with van der Waals surface area (Å²) in [5.41, 5.74) is 0.475. The van der Waals surface area contributed by atoms with E-state index in [4.69, 9.17) is 0 Å². The molecular formula is C14H16N6O3. The van der Waals surface area contributed by atoms with Gasteiger partial charge < -0.3 is 10.6 Å². The molecule has 120 valence electrons. The van der Waals surface area contributed by atoms with Gasteiger partial charge in [0.25, 0.3) is 11.6 Å². The molecule has 2 aromatic rings. The third-order valence-electron chi connectivity index (χ3n) is 3.83. The molecule has 0 fully saturated rings. The maximum Gasteiger partial charge on any atom is 0.293 e. The van der Waals surface area contributed by atoms with E-state index >= 15 is 0 Å². The SMILES string of the molecule is CNC(=O)c1ccc(N[C@H]2CCCn3ncnc32)c([N+](=O)[O-])c1. The van der Waals surface area contributed by atoms with Gasteiger partial charge in [-0.25, -0.2) is 9.67 Å². The van der Waals surface area contributed by atoms with E-state index < -0.39 is 4.92 Å². The van der Waals surface area contributed by atoms with Gasteiger partial charge in [-0.1, -0.05) is 0 Å². The Morgan fingerprint density at radius 1 is 1.48 bits per heavy atom. The molecular weight excluding hydrogens is 300 g/mol. The summed E-state index contributed by atoms with van der Waals surface area (Å²) in [7, 11) is 1.48. The minimum atomic E-state index is -0.498. The lowest BCUT2D eigenvalue weighted by molar-refractivity contribution is -0.384. The van der Waals surface area contributed by atoms with E-state index in [0.717, 1.165) is 25.2 Å². The van der Waals surface area contributed by atoms with Crippen molar-refractivity contribution in [3.8, 4) is 0 Å². The molecule has 1 aliphatic heterocycles. The van der Waals surface area contributed by atoms with Gasteiger partial charge in [0, 0.05) is 25.2 Å². The van der Waals surface area contributed by atoms with Crippen molar-refractivity contribution in [1.29, 1.82) is 0 Å². The first-order chi connectivity index (χ1) is 11.1. The van der Waals surface area contributed by atoms with Crippen molar-refractivity contribution >= 4 is 17.3 Å². The molecule has 0 bridgehead atoms. The van der Waals surface area contributed by atoms with Gasteiger partial charge in [0.1, 0.15) is 17.8 Å². The fourth-order valence-electron chi connectivity index (χ4n) is 2.70. The van der Waals surface area contributed by atoms with Crippen molar-refractivity contribution in [2.24, 2.45) is 0 Å². The number of nitro groups is 1. The van der Waals surface area contributed by atoms with Crippen LogP contribution < -0.4 is 10.6 Å². The number of nitro benzene ring substituents is 1. The Bertz CT molecular complexity index is 757. The van der Waals surface area contributed by atoms with Gasteiger partial charge in [0.2, 0.25) is 0 Å². The summed E-state index contributed by atoms with van der Waals surface area (Å²) < 4.78 is 1.80. The van der Waals surface area contributed by atoms with E-state index in [1.165, 1.54) is 19.4 Å².